The molecule has 0 spiro atoms. The van der Waals surface area contributed by atoms with Crippen LogP contribution in [0, 0.1) is 6.92 Å². The van der Waals surface area contributed by atoms with Crippen LogP contribution in [0.5, 0.6) is 0 Å². The summed E-state index contributed by atoms with van der Waals surface area (Å²) in [7, 11) is 0. The maximum atomic E-state index is 13.0. The van der Waals surface area contributed by atoms with Crippen molar-refractivity contribution in [2.75, 3.05) is 10.6 Å². The second-order valence-electron chi connectivity index (χ2n) is 5.74. The van der Waals surface area contributed by atoms with Crippen LogP contribution in [0.3, 0.4) is 0 Å². The molecule has 0 aliphatic heterocycles. The SMILES string of the molecule is Cc1cc(Nc2ccc(Cl)c(C(F)(F)F)c2)nc(NCc2ccncc2)n1. The van der Waals surface area contributed by atoms with Gasteiger partial charge in [0.15, 0.2) is 0 Å². The highest BCUT2D eigenvalue weighted by molar-refractivity contribution is 6.31. The number of aromatic nitrogens is 3. The monoisotopic (exact) mass is 393 g/mol. The lowest BCUT2D eigenvalue weighted by molar-refractivity contribution is -0.137. The van der Waals surface area contributed by atoms with E-state index >= 15 is 0 Å². The number of anilines is 3. The summed E-state index contributed by atoms with van der Waals surface area (Å²) in [5, 5.41) is 5.59. The minimum atomic E-state index is -4.53. The second-order valence-corrected chi connectivity index (χ2v) is 6.15. The van der Waals surface area contributed by atoms with Crippen LogP contribution in [0.4, 0.5) is 30.6 Å². The van der Waals surface area contributed by atoms with Crippen LogP contribution in [-0.2, 0) is 12.7 Å². The van der Waals surface area contributed by atoms with E-state index in [9.17, 15) is 13.2 Å². The van der Waals surface area contributed by atoms with Crippen molar-refractivity contribution >= 4 is 29.1 Å². The van der Waals surface area contributed by atoms with Crippen molar-refractivity contribution in [3.8, 4) is 0 Å². The Labute approximate surface area is 158 Å². The molecule has 0 bridgehead atoms. The molecule has 3 rings (SSSR count). The molecule has 140 valence electrons. The Hall–Kier alpha value is -2.87. The van der Waals surface area contributed by atoms with Crippen LogP contribution >= 0.6 is 11.6 Å². The van der Waals surface area contributed by atoms with Crippen molar-refractivity contribution in [3.05, 3.63) is 70.6 Å². The van der Waals surface area contributed by atoms with Crippen LogP contribution in [0.15, 0.2) is 48.8 Å². The van der Waals surface area contributed by atoms with E-state index < -0.39 is 11.7 Å². The molecule has 2 aromatic heterocycles. The van der Waals surface area contributed by atoms with Crippen molar-refractivity contribution in [2.45, 2.75) is 19.6 Å². The number of alkyl halides is 3. The lowest BCUT2D eigenvalue weighted by Gasteiger charge is -2.13. The van der Waals surface area contributed by atoms with Crippen molar-refractivity contribution in [1.29, 1.82) is 0 Å². The normalized spacial score (nSPS) is 11.3. The number of pyridine rings is 1. The van der Waals surface area contributed by atoms with E-state index in [4.69, 9.17) is 11.6 Å². The molecule has 0 radical (unpaired) electrons. The third-order valence-electron chi connectivity index (χ3n) is 3.60. The van der Waals surface area contributed by atoms with Gasteiger partial charge in [0.2, 0.25) is 5.95 Å². The third kappa shape index (κ3) is 5.07. The number of hydrogen-bond donors (Lipinski definition) is 2. The van der Waals surface area contributed by atoms with Gasteiger partial charge in [0.1, 0.15) is 5.82 Å². The molecule has 0 aliphatic carbocycles. The minimum Gasteiger partial charge on any atom is -0.350 e. The summed E-state index contributed by atoms with van der Waals surface area (Å²) >= 11 is 5.65. The van der Waals surface area contributed by atoms with Crippen molar-refractivity contribution in [1.82, 2.24) is 15.0 Å². The van der Waals surface area contributed by atoms with Gasteiger partial charge in [0.05, 0.1) is 10.6 Å². The van der Waals surface area contributed by atoms with Crippen molar-refractivity contribution in [2.24, 2.45) is 0 Å². The van der Waals surface area contributed by atoms with Crippen molar-refractivity contribution in [3.63, 3.8) is 0 Å². The van der Waals surface area contributed by atoms with Gasteiger partial charge < -0.3 is 10.6 Å². The van der Waals surface area contributed by atoms with E-state index in [0.29, 0.717) is 24.0 Å². The van der Waals surface area contributed by atoms with E-state index in [2.05, 4.69) is 25.6 Å². The Kier molecular flexibility index (Phi) is 5.46. The van der Waals surface area contributed by atoms with Crippen LogP contribution in [0.25, 0.3) is 0 Å². The molecule has 0 atom stereocenters. The Morgan fingerprint density at radius 1 is 1.04 bits per heavy atom. The van der Waals surface area contributed by atoms with E-state index in [-0.39, 0.29) is 10.7 Å². The number of rotatable bonds is 5. The highest BCUT2D eigenvalue weighted by atomic mass is 35.5. The lowest BCUT2D eigenvalue weighted by atomic mass is 10.2. The summed E-state index contributed by atoms with van der Waals surface area (Å²) < 4.78 is 39.0. The zero-order valence-corrected chi connectivity index (χ0v) is 14.9. The van der Waals surface area contributed by atoms with Gasteiger partial charge in [-0.3, -0.25) is 4.98 Å². The highest BCUT2D eigenvalue weighted by Gasteiger charge is 2.33. The molecule has 9 heteroatoms. The molecule has 0 amide bonds. The number of aryl methyl sites for hydroxylation is 1. The van der Waals surface area contributed by atoms with Gasteiger partial charge >= 0.3 is 6.18 Å². The summed E-state index contributed by atoms with van der Waals surface area (Å²) in [5.41, 5.74) is 0.979. The largest absolute Gasteiger partial charge is 0.417 e. The Balaban J connectivity index is 1.78. The third-order valence-corrected chi connectivity index (χ3v) is 3.93. The fourth-order valence-corrected chi connectivity index (χ4v) is 2.59. The number of benzene rings is 1. The Morgan fingerprint density at radius 2 is 1.78 bits per heavy atom. The van der Waals surface area contributed by atoms with Gasteiger partial charge in [0, 0.05) is 36.4 Å². The predicted octanol–water partition coefficient (Wildman–Crippen LogP) is 5.21. The number of nitrogens with zero attached hydrogens (tertiary/aromatic N) is 3. The summed E-state index contributed by atoms with van der Waals surface area (Å²) in [6, 6.07) is 8.95. The summed E-state index contributed by atoms with van der Waals surface area (Å²) in [6.45, 7) is 2.26. The van der Waals surface area contributed by atoms with Crippen LogP contribution in [-0.4, -0.2) is 15.0 Å². The first-order chi connectivity index (χ1) is 12.8. The van der Waals surface area contributed by atoms with Crippen LogP contribution in [0.2, 0.25) is 5.02 Å². The van der Waals surface area contributed by atoms with Gasteiger partial charge in [-0.05, 0) is 42.8 Å². The molecule has 27 heavy (non-hydrogen) atoms. The molecule has 0 unspecified atom stereocenters. The number of halogens is 4. The topological polar surface area (TPSA) is 62.7 Å². The fourth-order valence-electron chi connectivity index (χ4n) is 2.36. The van der Waals surface area contributed by atoms with Gasteiger partial charge in [0.25, 0.3) is 0 Å². The molecule has 1 aromatic carbocycles. The Morgan fingerprint density at radius 3 is 2.48 bits per heavy atom. The zero-order chi connectivity index (χ0) is 19.4. The molecule has 2 N–H and O–H groups in total. The molecule has 2 heterocycles. The fraction of sp³-hybridized carbons (Fsp3) is 0.167. The van der Waals surface area contributed by atoms with Gasteiger partial charge in [-0.1, -0.05) is 11.6 Å². The molecule has 5 nitrogen and oxygen atoms in total. The molecule has 0 saturated heterocycles. The van der Waals surface area contributed by atoms with Crippen molar-refractivity contribution < 1.29 is 13.2 Å². The first kappa shape index (κ1) is 18.9. The standard InChI is InChI=1S/C18H15ClF3N5/c1-11-8-16(26-13-2-3-15(19)14(9-13)18(20,21)22)27-17(25-11)24-10-12-4-6-23-7-5-12/h2-9H,10H2,1H3,(H2,24,25,26,27). The molecule has 0 fully saturated rings. The van der Waals surface area contributed by atoms with Crippen LogP contribution in [0.1, 0.15) is 16.8 Å². The first-order valence-electron chi connectivity index (χ1n) is 7.93. The maximum Gasteiger partial charge on any atom is 0.417 e. The average Bonchev–Trinajstić information content (AvgIpc) is 2.61. The van der Waals surface area contributed by atoms with E-state index in [1.54, 1.807) is 25.4 Å². The van der Waals surface area contributed by atoms with Gasteiger partial charge in [-0.25, -0.2) is 4.98 Å². The number of nitrogens with one attached hydrogen (secondary N) is 2. The van der Waals surface area contributed by atoms with E-state index in [1.165, 1.54) is 12.1 Å². The number of hydrogen-bond acceptors (Lipinski definition) is 5. The average molecular weight is 394 g/mol. The molecular weight excluding hydrogens is 379 g/mol. The van der Waals surface area contributed by atoms with E-state index in [0.717, 1.165) is 11.6 Å². The first-order valence-corrected chi connectivity index (χ1v) is 8.31. The minimum absolute atomic E-state index is 0.227. The quantitative estimate of drug-likeness (QED) is 0.623. The summed E-state index contributed by atoms with van der Waals surface area (Å²) in [5.74, 6) is 0.731. The van der Waals surface area contributed by atoms with Crippen LogP contribution < -0.4 is 10.6 Å². The molecule has 0 aliphatic rings. The maximum absolute atomic E-state index is 13.0. The smallest absolute Gasteiger partial charge is 0.350 e. The molecule has 0 saturated carbocycles. The van der Waals surface area contributed by atoms with E-state index in [1.807, 2.05) is 12.1 Å². The molecule has 3 aromatic rings. The highest BCUT2D eigenvalue weighted by Crippen LogP contribution is 2.36. The summed E-state index contributed by atoms with van der Waals surface area (Å²) in [6.07, 6.45) is -1.17. The lowest BCUT2D eigenvalue weighted by Crippen LogP contribution is -2.08. The van der Waals surface area contributed by atoms with Gasteiger partial charge in [-0.15, -0.1) is 0 Å². The second kappa shape index (κ2) is 7.79. The predicted molar refractivity (Wildman–Crippen MR) is 98.1 cm³/mol. The summed E-state index contributed by atoms with van der Waals surface area (Å²) in [4.78, 5) is 12.5. The van der Waals surface area contributed by atoms with Gasteiger partial charge in [-0.2, -0.15) is 18.2 Å². The molecular formula is C18H15ClF3N5. The zero-order valence-electron chi connectivity index (χ0n) is 14.2. The Bertz CT molecular complexity index is 932.